The van der Waals surface area contributed by atoms with Crippen LogP contribution in [0.3, 0.4) is 0 Å². The third-order valence-corrected chi connectivity index (χ3v) is 3.25. The summed E-state index contributed by atoms with van der Waals surface area (Å²) in [5, 5.41) is 7.08. The van der Waals surface area contributed by atoms with Gasteiger partial charge in [-0.1, -0.05) is 36.2 Å². The summed E-state index contributed by atoms with van der Waals surface area (Å²) in [7, 11) is 0. The zero-order chi connectivity index (χ0) is 11.2. The number of nitrogens with one attached hydrogen (secondary N) is 2. The van der Waals surface area contributed by atoms with Crippen molar-refractivity contribution in [3.05, 3.63) is 35.4 Å². The highest BCUT2D eigenvalue weighted by molar-refractivity contribution is 5.21. The van der Waals surface area contributed by atoms with Crippen molar-refractivity contribution in [1.29, 1.82) is 0 Å². The van der Waals surface area contributed by atoms with Gasteiger partial charge in [0.25, 0.3) is 0 Å². The number of piperidine rings is 1. The van der Waals surface area contributed by atoms with Crippen LogP contribution in [0.4, 0.5) is 0 Å². The molecular formula is C14H22N2. The lowest BCUT2D eigenvalue weighted by Gasteiger charge is -2.23. The Labute approximate surface area is 98.4 Å². The predicted molar refractivity (Wildman–Crippen MR) is 68.5 cm³/mol. The van der Waals surface area contributed by atoms with Gasteiger partial charge in [-0.3, -0.25) is 0 Å². The minimum Gasteiger partial charge on any atom is -0.313 e. The Morgan fingerprint density at radius 3 is 2.75 bits per heavy atom. The Balaban J connectivity index is 1.69. The van der Waals surface area contributed by atoms with Crippen LogP contribution >= 0.6 is 0 Å². The van der Waals surface area contributed by atoms with Crippen molar-refractivity contribution in [2.75, 3.05) is 13.1 Å². The van der Waals surface area contributed by atoms with Gasteiger partial charge in [-0.2, -0.15) is 0 Å². The van der Waals surface area contributed by atoms with Crippen LogP contribution in [0.5, 0.6) is 0 Å². The topological polar surface area (TPSA) is 24.1 Å². The van der Waals surface area contributed by atoms with Crippen LogP contribution in [-0.4, -0.2) is 19.1 Å². The van der Waals surface area contributed by atoms with Gasteiger partial charge in [-0.05, 0) is 31.9 Å². The molecule has 16 heavy (non-hydrogen) atoms. The first-order valence-electron chi connectivity index (χ1n) is 6.34. The van der Waals surface area contributed by atoms with Crippen molar-refractivity contribution in [1.82, 2.24) is 10.6 Å². The molecule has 0 saturated carbocycles. The molecule has 0 spiro atoms. The smallest absolute Gasteiger partial charge is 0.0206 e. The fourth-order valence-corrected chi connectivity index (χ4v) is 2.19. The lowest BCUT2D eigenvalue weighted by Crippen LogP contribution is -2.41. The van der Waals surface area contributed by atoms with Crippen LogP contribution in [0.2, 0.25) is 0 Å². The molecule has 1 aromatic carbocycles. The van der Waals surface area contributed by atoms with Crippen molar-refractivity contribution in [3.8, 4) is 0 Å². The number of benzene rings is 1. The molecule has 2 heteroatoms. The molecule has 0 bridgehead atoms. The van der Waals surface area contributed by atoms with Gasteiger partial charge >= 0.3 is 0 Å². The molecule has 2 N–H and O–H groups in total. The standard InChI is InChI=1S/C14H22N2/c1-12-5-7-13(8-6-12)10-15-11-14-4-2-3-9-16-14/h5-8,14-16H,2-4,9-11H2,1H3/t14-/m0/s1. The van der Waals surface area contributed by atoms with E-state index in [0.29, 0.717) is 6.04 Å². The molecule has 88 valence electrons. The Bertz CT molecular complexity index is 299. The molecule has 1 aliphatic rings. The van der Waals surface area contributed by atoms with Gasteiger partial charge in [0, 0.05) is 19.1 Å². The van der Waals surface area contributed by atoms with Crippen molar-refractivity contribution < 1.29 is 0 Å². The molecule has 1 atom stereocenters. The van der Waals surface area contributed by atoms with E-state index in [1.807, 2.05) is 0 Å². The second kappa shape index (κ2) is 6.02. The lowest BCUT2D eigenvalue weighted by atomic mass is 10.1. The van der Waals surface area contributed by atoms with Crippen LogP contribution in [0, 0.1) is 6.92 Å². The zero-order valence-electron chi connectivity index (χ0n) is 10.1. The van der Waals surface area contributed by atoms with Gasteiger partial charge < -0.3 is 10.6 Å². The molecule has 1 heterocycles. The van der Waals surface area contributed by atoms with Crippen molar-refractivity contribution >= 4 is 0 Å². The maximum absolute atomic E-state index is 3.55. The average Bonchev–Trinajstić information content (AvgIpc) is 2.33. The van der Waals surface area contributed by atoms with Gasteiger partial charge in [-0.15, -0.1) is 0 Å². The Morgan fingerprint density at radius 1 is 1.25 bits per heavy atom. The van der Waals surface area contributed by atoms with Gasteiger partial charge in [0.1, 0.15) is 0 Å². The van der Waals surface area contributed by atoms with Crippen LogP contribution in [0.1, 0.15) is 30.4 Å². The summed E-state index contributed by atoms with van der Waals surface area (Å²) in [6.07, 6.45) is 4.04. The van der Waals surface area contributed by atoms with E-state index in [2.05, 4.69) is 41.8 Å². The third kappa shape index (κ3) is 3.62. The van der Waals surface area contributed by atoms with Gasteiger partial charge in [-0.25, -0.2) is 0 Å². The summed E-state index contributed by atoms with van der Waals surface area (Å²) in [5.41, 5.74) is 2.71. The Kier molecular flexibility index (Phi) is 4.37. The monoisotopic (exact) mass is 218 g/mol. The second-order valence-electron chi connectivity index (χ2n) is 4.76. The number of hydrogen-bond donors (Lipinski definition) is 2. The van der Waals surface area contributed by atoms with E-state index < -0.39 is 0 Å². The fourth-order valence-electron chi connectivity index (χ4n) is 2.19. The Morgan fingerprint density at radius 2 is 2.06 bits per heavy atom. The first-order chi connectivity index (χ1) is 7.84. The zero-order valence-corrected chi connectivity index (χ0v) is 10.1. The number of hydrogen-bond acceptors (Lipinski definition) is 2. The van der Waals surface area contributed by atoms with Crippen molar-refractivity contribution in [2.24, 2.45) is 0 Å². The molecule has 0 unspecified atom stereocenters. The van der Waals surface area contributed by atoms with Crippen LogP contribution < -0.4 is 10.6 Å². The van der Waals surface area contributed by atoms with E-state index in [1.165, 1.54) is 36.9 Å². The van der Waals surface area contributed by atoms with Gasteiger partial charge in [0.05, 0.1) is 0 Å². The molecule has 1 aliphatic heterocycles. The third-order valence-electron chi connectivity index (χ3n) is 3.25. The van der Waals surface area contributed by atoms with E-state index in [4.69, 9.17) is 0 Å². The van der Waals surface area contributed by atoms with Crippen molar-refractivity contribution in [2.45, 2.75) is 38.8 Å². The fraction of sp³-hybridized carbons (Fsp3) is 0.571. The highest BCUT2D eigenvalue weighted by atomic mass is 15.0. The van der Waals surface area contributed by atoms with Crippen LogP contribution in [0.25, 0.3) is 0 Å². The van der Waals surface area contributed by atoms with E-state index in [-0.39, 0.29) is 0 Å². The first kappa shape index (κ1) is 11.6. The van der Waals surface area contributed by atoms with Gasteiger partial charge in [0.15, 0.2) is 0 Å². The molecule has 2 nitrogen and oxygen atoms in total. The van der Waals surface area contributed by atoms with Crippen LogP contribution in [-0.2, 0) is 6.54 Å². The Hall–Kier alpha value is -0.860. The summed E-state index contributed by atoms with van der Waals surface area (Å²) in [4.78, 5) is 0. The van der Waals surface area contributed by atoms with Crippen molar-refractivity contribution in [3.63, 3.8) is 0 Å². The quantitative estimate of drug-likeness (QED) is 0.810. The lowest BCUT2D eigenvalue weighted by molar-refractivity contribution is 0.383. The van der Waals surface area contributed by atoms with E-state index in [0.717, 1.165) is 13.1 Å². The van der Waals surface area contributed by atoms with E-state index >= 15 is 0 Å². The molecule has 1 saturated heterocycles. The summed E-state index contributed by atoms with van der Waals surface area (Å²) in [6, 6.07) is 9.44. The highest BCUT2D eigenvalue weighted by Gasteiger charge is 2.11. The maximum Gasteiger partial charge on any atom is 0.0206 e. The maximum atomic E-state index is 3.55. The SMILES string of the molecule is Cc1ccc(CNC[C@@H]2CCCCN2)cc1. The molecule has 0 aromatic heterocycles. The summed E-state index contributed by atoms with van der Waals surface area (Å²) < 4.78 is 0. The summed E-state index contributed by atoms with van der Waals surface area (Å²) >= 11 is 0. The second-order valence-corrected chi connectivity index (χ2v) is 4.76. The molecular weight excluding hydrogens is 196 g/mol. The predicted octanol–water partition coefficient (Wildman–Crippen LogP) is 2.23. The minimum atomic E-state index is 0.680. The molecule has 0 amide bonds. The molecule has 2 rings (SSSR count). The minimum absolute atomic E-state index is 0.680. The van der Waals surface area contributed by atoms with Gasteiger partial charge in [0.2, 0.25) is 0 Å². The average molecular weight is 218 g/mol. The van der Waals surface area contributed by atoms with E-state index in [9.17, 15) is 0 Å². The number of rotatable bonds is 4. The summed E-state index contributed by atoms with van der Waals surface area (Å²) in [6.45, 7) is 5.40. The van der Waals surface area contributed by atoms with E-state index in [1.54, 1.807) is 0 Å². The molecule has 0 aliphatic carbocycles. The molecule has 1 aromatic rings. The number of aryl methyl sites for hydroxylation is 1. The normalized spacial score (nSPS) is 20.9. The van der Waals surface area contributed by atoms with Crippen LogP contribution in [0.15, 0.2) is 24.3 Å². The summed E-state index contributed by atoms with van der Waals surface area (Å²) in [5.74, 6) is 0. The first-order valence-corrected chi connectivity index (χ1v) is 6.34. The molecule has 0 radical (unpaired) electrons. The largest absolute Gasteiger partial charge is 0.313 e. The highest BCUT2D eigenvalue weighted by Crippen LogP contribution is 2.06. The molecule has 1 fully saturated rings.